The quantitative estimate of drug-likeness (QED) is 0.0871. The van der Waals surface area contributed by atoms with Crippen LogP contribution in [0.15, 0.2) is 120 Å². The fourth-order valence-corrected chi connectivity index (χ4v) is 7.01. The van der Waals surface area contributed by atoms with Crippen LogP contribution in [-0.4, -0.2) is 58.4 Å². The zero-order valence-electron chi connectivity index (χ0n) is 26.5. The van der Waals surface area contributed by atoms with Gasteiger partial charge in [-0.05, 0) is 47.4 Å². The first-order chi connectivity index (χ1) is 22.5. The highest BCUT2D eigenvalue weighted by atomic mass is 32.2. The highest BCUT2D eigenvalue weighted by Gasteiger charge is 2.46. The number of ether oxygens (including phenoxy) is 3. The molecule has 6 nitrogen and oxygen atoms in total. The third-order valence-electron chi connectivity index (χ3n) is 8.52. The van der Waals surface area contributed by atoms with E-state index in [4.69, 9.17) is 14.2 Å². The lowest BCUT2D eigenvalue weighted by atomic mass is 9.80. The number of aliphatic hydroxyl groups is 3. The Hall–Kier alpha value is -3.17. The van der Waals surface area contributed by atoms with E-state index >= 15 is 0 Å². The Balaban J connectivity index is 1.29. The molecular weight excluding hydrogens is 596 g/mol. The summed E-state index contributed by atoms with van der Waals surface area (Å²) < 4.78 is 19.1. The second-order valence-corrected chi connectivity index (χ2v) is 13.0. The Morgan fingerprint density at radius 3 is 1.70 bits per heavy atom. The van der Waals surface area contributed by atoms with Gasteiger partial charge >= 0.3 is 0 Å². The molecule has 4 aromatic carbocycles. The van der Waals surface area contributed by atoms with Crippen molar-refractivity contribution in [2.45, 2.75) is 85.8 Å². The molecule has 1 saturated heterocycles. The molecule has 244 valence electrons. The normalized spacial score (nSPS) is 21.6. The average molecular weight is 643 g/mol. The van der Waals surface area contributed by atoms with E-state index in [1.165, 1.54) is 43.9 Å². The number of hydrogen-bond donors (Lipinski definition) is 3. The molecule has 1 aliphatic heterocycles. The molecule has 0 bridgehead atoms. The fraction of sp³-hybridized carbons (Fsp3) is 0.385. The van der Waals surface area contributed by atoms with Gasteiger partial charge in [0.1, 0.15) is 41.2 Å². The average Bonchev–Trinajstić information content (AvgIpc) is 3.11. The number of rotatable bonds is 16. The van der Waals surface area contributed by atoms with Gasteiger partial charge in [-0.25, -0.2) is 0 Å². The summed E-state index contributed by atoms with van der Waals surface area (Å²) in [5.41, 5.74) is 0.928. The van der Waals surface area contributed by atoms with Crippen molar-refractivity contribution in [1.29, 1.82) is 0 Å². The minimum Gasteiger partial charge on any atom is -0.494 e. The van der Waals surface area contributed by atoms with Crippen LogP contribution in [0, 0.1) is 0 Å². The van der Waals surface area contributed by atoms with Crippen molar-refractivity contribution in [3.05, 3.63) is 132 Å². The van der Waals surface area contributed by atoms with Crippen molar-refractivity contribution in [1.82, 2.24) is 0 Å². The zero-order chi connectivity index (χ0) is 32.2. The molecule has 5 atom stereocenters. The fourth-order valence-electron chi connectivity index (χ4n) is 5.95. The van der Waals surface area contributed by atoms with Gasteiger partial charge in [-0.15, -0.1) is 0 Å². The van der Waals surface area contributed by atoms with Crippen LogP contribution in [0.1, 0.15) is 62.1 Å². The third-order valence-corrected chi connectivity index (χ3v) is 9.68. The molecule has 3 N–H and O–H groups in total. The molecule has 1 fully saturated rings. The summed E-state index contributed by atoms with van der Waals surface area (Å²) >= 11 is 1.30. The molecule has 0 amide bonds. The van der Waals surface area contributed by atoms with Crippen molar-refractivity contribution in [3.63, 3.8) is 0 Å². The van der Waals surface area contributed by atoms with Gasteiger partial charge in [0.05, 0.1) is 13.2 Å². The minimum absolute atomic E-state index is 0.0358. The van der Waals surface area contributed by atoms with Crippen LogP contribution in [0.25, 0.3) is 0 Å². The van der Waals surface area contributed by atoms with Crippen LogP contribution >= 0.6 is 11.8 Å². The molecule has 0 aliphatic carbocycles. The topological polar surface area (TPSA) is 88.4 Å². The van der Waals surface area contributed by atoms with Crippen LogP contribution < -0.4 is 4.74 Å². The molecule has 0 radical (unpaired) electrons. The van der Waals surface area contributed by atoms with Gasteiger partial charge in [-0.1, -0.05) is 142 Å². The SMILES string of the molecule is CCCCCCCCOc1ccc(S[C@@H]2O[C@H](COC(c3ccccc3)(c3ccccc3)c3ccccc3)[C@@H](O)[C@H](O)[C@H]2O)cc1. The Morgan fingerprint density at radius 1 is 0.630 bits per heavy atom. The molecular formula is C39H46O6S. The Kier molecular flexibility index (Phi) is 12.7. The van der Waals surface area contributed by atoms with Gasteiger partial charge < -0.3 is 29.5 Å². The van der Waals surface area contributed by atoms with Crippen molar-refractivity contribution >= 4 is 11.8 Å². The van der Waals surface area contributed by atoms with Crippen LogP contribution in [0.2, 0.25) is 0 Å². The van der Waals surface area contributed by atoms with Crippen molar-refractivity contribution in [2.24, 2.45) is 0 Å². The summed E-state index contributed by atoms with van der Waals surface area (Å²) in [6, 6.07) is 37.6. The molecule has 7 heteroatoms. The van der Waals surface area contributed by atoms with E-state index in [1.807, 2.05) is 115 Å². The zero-order valence-corrected chi connectivity index (χ0v) is 27.3. The first-order valence-corrected chi connectivity index (χ1v) is 17.3. The second kappa shape index (κ2) is 17.1. The summed E-state index contributed by atoms with van der Waals surface area (Å²) in [5, 5.41) is 32.9. The number of hydrogen-bond acceptors (Lipinski definition) is 7. The molecule has 0 saturated carbocycles. The first-order valence-electron chi connectivity index (χ1n) is 16.4. The highest BCUT2D eigenvalue weighted by molar-refractivity contribution is 7.99. The van der Waals surface area contributed by atoms with Crippen molar-refractivity contribution in [2.75, 3.05) is 13.2 Å². The van der Waals surface area contributed by atoms with Gasteiger partial charge in [-0.3, -0.25) is 0 Å². The lowest BCUT2D eigenvalue weighted by Crippen LogP contribution is -2.58. The summed E-state index contributed by atoms with van der Waals surface area (Å²) in [5.74, 6) is 0.795. The molecule has 1 heterocycles. The predicted molar refractivity (Wildman–Crippen MR) is 183 cm³/mol. The maximum Gasteiger partial charge on any atom is 0.143 e. The Morgan fingerprint density at radius 2 is 1.15 bits per heavy atom. The molecule has 0 aromatic heterocycles. The van der Waals surface area contributed by atoms with Crippen LogP contribution in [0.4, 0.5) is 0 Å². The number of thioether (sulfide) groups is 1. The Bertz CT molecular complexity index is 1320. The number of benzene rings is 4. The minimum atomic E-state index is -1.40. The maximum atomic E-state index is 11.1. The molecule has 1 aliphatic rings. The van der Waals surface area contributed by atoms with Gasteiger partial charge in [0.2, 0.25) is 0 Å². The largest absolute Gasteiger partial charge is 0.494 e. The lowest BCUT2D eigenvalue weighted by Gasteiger charge is -2.42. The van der Waals surface area contributed by atoms with Crippen LogP contribution in [0.3, 0.4) is 0 Å². The van der Waals surface area contributed by atoms with E-state index in [1.54, 1.807) is 0 Å². The van der Waals surface area contributed by atoms with Crippen molar-refractivity contribution < 1.29 is 29.5 Å². The van der Waals surface area contributed by atoms with Crippen LogP contribution in [-0.2, 0) is 15.1 Å². The van der Waals surface area contributed by atoms with Gasteiger partial charge in [0.25, 0.3) is 0 Å². The monoisotopic (exact) mass is 642 g/mol. The van der Waals surface area contributed by atoms with E-state index in [0.717, 1.165) is 33.8 Å². The molecule has 5 rings (SSSR count). The Labute approximate surface area is 277 Å². The molecule has 4 aromatic rings. The van der Waals surface area contributed by atoms with E-state index in [9.17, 15) is 15.3 Å². The molecule has 46 heavy (non-hydrogen) atoms. The summed E-state index contributed by atoms with van der Waals surface area (Å²) in [7, 11) is 0. The number of unbranched alkanes of at least 4 members (excludes halogenated alkanes) is 5. The van der Waals surface area contributed by atoms with Crippen LogP contribution in [0.5, 0.6) is 5.75 Å². The van der Waals surface area contributed by atoms with Gasteiger partial charge in [0, 0.05) is 4.90 Å². The predicted octanol–water partition coefficient (Wildman–Crippen LogP) is 7.33. The van der Waals surface area contributed by atoms with Gasteiger partial charge in [-0.2, -0.15) is 0 Å². The third kappa shape index (κ3) is 8.40. The summed E-state index contributed by atoms with van der Waals surface area (Å²) in [6.07, 6.45) is 2.34. The summed E-state index contributed by atoms with van der Waals surface area (Å²) in [6.45, 7) is 2.87. The number of aliphatic hydroxyl groups excluding tert-OH is 3. The molecule has 0 spiro atoms. The first kappa shape index (κ1) is 34.2. The molecule has 0 unspecified atom stereocenters. The lowest BCUT2D eigenvalue weighted by molar-refractivity contribution is -0.216. The highest BCUT2D eigenvalue weighted by Crippen LogP contribution is 2.42. The second-order valence-electron chi connectivity index (χ2n) is 11.8. The summed E-state index contributed by atoms with van der Waals surface area (Å²) in [4.78, 5) is 0.853. The van der Waals surface area contributed by atoms with E-state index < -0.39 is 35.5 Å². The van der Waals surface area contributed by atoms with E-state index in [0.29, 0.717) is 6.61 Å². The van der Waals surface area contributed by atoms with E-state index in [2.05, 4.69) is 6.92 Å². The van der Waals surface area contributed by atoms with Gasteiger partial charge in [0.15, 0.2) is 0 Å². The van der Waals surface area contributed by atoms with Crippen molar-refractivity contribution in [3.8, 4) is 5.75 Å². The standard InChI is InChI=1S/C39H46O6S/c1-2-3-4-5-6-16-27-43-32-23-25-33(26-24-32)46-38-37(42)36(41)35(40)34(45-38)28-44-39(29-17-10-7-11-18-29,30-19-12-8-13-20-30)31-21-14-9-15-22-31/h7-15,17-26,34-38,40-42H,2-6,16,27-28H2,1H3/t34-,35-,36+,37-,38+/m1/s1. The van der Waals surface area contributed by atoms with E-state index in [-0.39, 0.29) is 6.61 Å². The maximum absolute atomic E-state index is 11.1. The smallest absolute Gasteiger partial charge is 0.143 e.